The lowest BCUT2D eigenvalue weighted by molar-refractivity contribution is 0.0792. The van der Waals surface area contributed by atoms with Crippen molar-refractivity contribution in [2.24, 2.45) is 0 Å². The summed E-state index contributed by atoms with van der Waals surface area (Å²) in [5.41, 5.74) is 1.52. The summed E-state index contributed by atoms with van der Waals surface area (Å²) in [6, 6.07) is 12.7. The van der Waals surface area contributed by atoms with Crippen LogP contribution in [0.25, 0.3) is 0 Å². The summed E-state index contributed by atoms with van der Waals surface area (Å²) in [6.07, 6.45) is 3.80. The number of anilines is 1. The zero-order chi connectivity index (χ0) is 20.4. The van der Waals surface area contributed by atoms with Crippen LogP contribution in [-0.4, -0.2) is 44.3 Å². The molecule has 2 N–H and O–H groups in total. The van der Waals surface area contributed by atoms with E-state index in [-0.39, 0.29) is 22.8 Å². The molecule has 0 aromatic heterocycles. The molecule has 0 unspecified atom stereocenters. The summed E-state index contributed by atoms with van der Waals surface area (Å²) < 4.78 is 27.0. The third kappa shape index (κ3) is 4.65. The molecule has 2 aromatic rings. The van der Waals surface area contributed by atoms with E-state index in [1.165, 1.54) is 24.3 Å². The van der Waals surface area contributed by atoms with Crippen LogP contribution >= 0.6 is 0 Å². The van der Waals surface area contributed by atoms with Crippen molar-refractivity contribution >= 4 is 27.5 Å². The Balaban J connectivity index is 1.39. The van der Waals surface area contributed by atoms with Crippen LogP contribution in [0.4, 0.5) is 5.69 Å². The maximum Gasteiger partial charge on any atom is 0.255 e. The van der Waals surface area contributed by atoms with E-state index in [0.29, 0.717) is 16.8 Å². The predicted molar refractivity (Wildman–Crippen MR) is 109 cm³/mol. The normalized spacial score (nSPS) is 16.6. The van der Waals surface area contributed by atoms with Crippen molar-refractivity contribution in [3.8, 4) is 0 Å². The molecule has 0 radical (unpaired) electrons. The van der Waals surface area contributed by atoms with Gasteiger partial charge in [0.05, 0.1) is 4.90 Å². The highest BCUT2D eigenvalue weighted by Crippen LogP contribution is 2.22. The molecule has 0 atom stereocenters. The Morgan fingerprint density at radius 3 is 2.03 bits per heavy atom. The second-order valence-electron chi connectivity index (χ2n) is 7.45. The zero-order valence-corrected chi connectivity index (χ0v) is 16.7. The Morgan fingerprint density at radius 2 is 1.45 bits per heavy atom. The fourth-order valence-corrected chi connectivity index (χ4v) is 4.58. The molecule has 29 heavy (non-hydrogen) atoms. The number of benzene rings is 2. The highest BCUT2D eigenvalue weighted by molar-refractivity contribution is 7.89. The molecule has 4 rings (SSSR count). The number of likely N-dealkylation sites (tertiary alicyclic amines) is 1. The lowest BCUT2D eigenvalue weighted by atomic mass is 10.1. The second kappa shape index (κ2) is 7.96. The van der Waals surface area contributed by atoms with Gasteiger partial charge in [0.2, 0.25) is 10.0 Å². The first-order valence-corrected chi connectivity index (χ1v) is 11.2. The average molecular weight is 413 g/mol. The highest BCUT2D eigenvalue weighted by atomic mass is 32.2. The van der Waals surface area contributed by atoms with E-state index >= 15 is 0 Å². The summed E-state index contributed by atoms with van der Waals surface area (Å²) in [4.78, 5) is 26.8. The number of carbonyl (C=O) groups is 2. The summed E-state index contributed by atoms with van der Waals surface area (Å²) in [5.74, 6) is -0.334. The van der Waals surface area contributed by atoms with Gasteiger partial charge in [0.15, 0.2) is 0 Å². The molecule has 0 spiro atoms. The van der Waals surface area contributed by atoms with Gasteiger partial charge in [0.25, 0.3) is 11.8 Å². The number of nitrogens with one attached hydrogen (secondary N) is 2. The van der Waals surface area contributed by atoms with E-state index in [0.717, 1.165) is 38.8 Å². The maximum absolute atomic E-state index is 12.4. The van der Waals surface area contributed by atoms with E-state index in [2.05, 4.69) is 10.0 Å². The van der Waals surface area contributed by atoms with Crippen molar-refractivity contribution in [3.63, 3.8) is 0 Å². The summed E-state index contributed by atoms with van der Waals surface area (Å²) in [6.45, 7) is 1.58. The van der Waals surface area contributed by atoms with E-state index in [1.807, 2.05) is 4.90 Å². The van der Waals surface area contributed by atoms with Gasteiger partial charge in [0, 0.05) is 35.9 Å². The number of nitrogens with zero attached hydrogens (tertiary/aromatic N) is 1. The van der Waals surface area contributed by atoms with Crippen molar-refractivity contribution in [2.75, 3.05) is 18.4 Å². The Bertz CT molecular complexity index is 1010. The average Bonchev–Trinajstić information content (AvgIpc) is 3.35. The van der Waals surface area contributed by atoms with Gasteiger partial charge in [-0.2, -0.15) is 0 Å². The summed E-state index contributed by atoms with van der Waals surface area (Å²) in [7, 11) is -3.54. The summed E-state index contributed by atoms with van der Waals surface area (Å²) >= 11 is 0. The van der Waals surface area contributed by atoms with E-state index in [9.17, 15) is 18.0 Å². The molecule has 2 aliphatic rings. The van der Waals surface area contributed by atoms with E-state index < -0.39 is 10.0 Å². The minimum absolute atomic E-state index is 0.0111. The first-order chi connectivity index (χ1) is 13.9. The van der Waals surface area contributed by atoms with Gasteiger partial charge >= 0.3 is 0 Å². The van der Waals surface area contributed by atoms with Crippen molar-refractivity contribution in [1.82, 2.24) is 9.62 Å². The quantitative estimate of drug-likeness (QED) is 0.761. The van der Waals surface area contributed by atoms with Gasteiger partial charge in [-0.05, 0) is 74.2 Å². The molecule has 2 amide bonds. The van der Waals surface area contributed by atoms with Gasteiger partial charge in [0.1, 0.15) is 0 Å². The zero-order valence-electron chi connectivity index (χ0n) is 15.9. The predicted octanol–water partition coefficient (Wildman–Crippen LogP) is 2.62. The molecule has 8 heteroatoms. The number of carbonyl (C=O) groups excluding carboxylic acids is 2. The van der Waals surface area contributed by atoms with Crippen molar-refractivity contribution < 1.29 is 18.0 Å². The SMILES string of the molecule is O=C(Nc1ccc(C(=O)N2CCCC2)cc1)c1ccc(S(=O)(=O)NC2CC2)cc1. The van der Waals surface area contributed by atoms with Crippen molar-refractivity contribution in [1.29, 1.82) is 0 Å². The maximum atomic E-state index is 12.4. The number of hydrogen-bond acceptors (Lipinski definition) is 4. The van der Waals surface area contributed by atoms with Crippen LogP contribution in [0.3, 0.4) is 0 Å². The molecular formula is C21H23N3O4S. The third-order valence-electron chi connectivity index (χ3n) is 5.11. The standard InChI is InChI=1S/C21H23N3O4S/c25-20(15-5-11-19(12-6-15)29(27,28)23-18-9-10-18)22-17-7-3-16(4-8-17)21(26)24-13-1-2-14-24/h3-8,11-12,18,23H,1-2,9-10,13-14H2,(H,22,25). The molecule has 1 aliphatic heterocycles. The van der Waals surface area contributed by atoms with Crippen LogP contribution in [0, 0.1) is 0 Å². The lowest BCUT2D eigenvalue weighted by Crippen LogP contribution is -2.27. The summed E-state index contributed by atoms with van der Waals surface area (Å²) in [5, 5.41) is 2.77. The van der Waals surface area contributed by atoms with Crippen LogP contribution < -0.4 is 10.0 Å². The molecule has 1 saturated heterocycles. The van der Waals surface area contributed by atoms with E-state index in [1.54, 1.807) is 24.3 Å². The van der Waals surface area contributed by atoms with Gasteiger partial charge in [-0.15, -0.1) is 0 Å². The fraction of sp³-hybridized carbons (Fsp3) is 0.333. The van der Waals surface area contributed by atoms with Crippen molar-refractivity contribution in [2.45, 2.75) is 36.6 Å². The van der Waals surface area contributed by atoms with Gasteiger partial charge in [-0.25, -0.2) is 13.1 Å². The highest BCUT2D eigenvalue weighted by Gasteiger charge is 2.28. The topological polar surface area (TPSA) is 95.6 Å². The van der Waals surface area contributed by atoms with Gasteiger partial charge in [-0.1, -0.05) is 0 Å². The smallest absolute Gasteiger partial charge is 0.255 e. The van der Waals surface area contributed by atoms with Crippen molar-refractivity contribution in [3.05, 3.63) is 59.7 Å². The number of rotatable bonds is 6. The van der Waals surface area contributed by atoms with Crippen LogP contribution in [0.15, 0.2) is 53.4 Å². The molecule has 1 saturated carbocycles. The van der Waals surface area contributed by atoms with E-state index in [4.69, 9.17) is 0 Å². The molecule has 7 nitrogen and oxygen atoms in total. The molecule has 152 valence electrons. The largest absolute Gasteiger partial charge is 0.339 e. The van der Waals surface area contributed by atoms with Gasteiger partial charge < -0.3 is 10.2 Å². The molecule has 0 bridgehead atoms. The fourth-order valence-electron chi connectivity index (χ4n) is 3.28. The Kier molecular flexibility index (Phi) is 5.38. The first kappa shape index (κ1) is 19.6. The van der Waals surface area contributed by atoms with Crippen LogP contribution in [0.2, 0.25) is 0 Å². The van der Waals surface area contributed by atoms with Crippen LogP contribution in [0.1, 0.15) is 46.4 Å². The monoisotopic (exact) mass is 413 g/mol. The second-order valence-corrected chi connectivity index (χ2v) is 9.16. The Hall–Kier alpha value is -2.71. The minimum atomic E-state index is -3.54. The molecule has 1 aliphatic carbocycles. The lowest BCUT2D eigenvalue weighted by Gasteiger charge is -2.15. The third-order valence-corrected chi connectivity index (χ3v) is 6.65. The molecule has 2 aromatic carbocycles. The number of amides is 2. The van der Waals surface area contributed by atoms with Gasteiger partial charge in [-0.3, -0.25) is 9.59 Å². The molecule has 2 fully saturated rings. The number of hydrogen-bond donors (Lipinski definition) is 2. The minimum Gasteiger partial charge on any atom is -0.339 e. The Morgan fingerprint density at radius 1 is 0.862 bits per heavy atom. The van der Waals surface area contributed by atoms with Crippen LogP contribution in [-0.2, 0) is 10.0 Å². The Labute approximate surface area is 170 Å². The molecular weight excluding hydrogens is 390 g/mol. The molecule has 1 heterocycles. The number of sulfonamides is 1. The first-order valence-electron chi connectivity index (χ1n) is 9.75. The van der Waals surface area contributed by atoms with Crippen LogP contribution in [0.5, 0.6) is 0 Å².